The van der Waals surface area contributed by atoms with Crippen LogP contribution in [-0.2, 0) is 0 Å². The second kappa shape index (κ2) is 5.47. The summed E-state index contributed by atoms with van der Waals surface area (Å²) < 4.78 is 0. The zero-order valence-electron chi connectivity index (χ0n) is 12.3. The topological polar surface area (TPSA) is 58.3 Å². The molecular weight excluding hydrogens is 248 g/mol. The Balaban J connectivity index is 1.65. The summed E-state index contributed by atoms with van der Waals surface area (Å²) in [5.74, 6) is 0.633. The van der Waals surface area contributed by atoms with Gasteiger partial charge in [-0.05, 0) is 36.3 Å². The Morgan fingerprint density at radius 1 is 1.35 bits per heavy atom. The van der Waals surface area contributed by atoms with E-state index in [9.17, 15) is 5.11 Å². The van der Waals surface area contributed by atoms with E-state index in [1.807, 2.05) is 0 Å². The van der Waals surface area contributed by atoms with Gasteiger partial charge in [-0.3, -0.25) is 0 Å². The summed E-state index contributed by atoms with van der Waals surface area (Å²) in [6.45, 7) is 2.92. The number of hydrogen-bond acceptors (Lipinski definition) is 3. The molecule has 0 amide bonds. The molecule has 4 atom stereocenters. The molecule has 1 fully saturated rings. The first-order chi connectivity index (χ1) is 9.57. The van der Waals surface area contributed by atoms with Crippen LogP contribution in [0.1, 0.15) is 62.2 Å². The van der Waals surface area contributed by atoms with Crippen molar-refractivity contribution >= 4 is 0 Å². The summed E-state index contributed by atoms with van der Waals surface area (Å²) in [7, 11) is 0. The van der Waals surface area contributed by atoms with Gasteiger partial charge in [0.1, 0.15) is 0 Å². The molecule has 2 aliphatic carbocycles. The average molecular weight is 274 g/mol. The summed E-state index contributed by atoms with van der Waals surface area (Å²) in [5.41, 5.74) is 8.24. The van der Waals surface area contributed by atoms with Crippen molar-refractivity contribution in [3.8, 4) is 0 Å². The molecule has 1 aromatic carbocycles. The van der Waals surface area contributed by atoms with Gasteiger partial charge in [0.25, 0.3) is 0 Å². The zero-order chi connectivity index (χ0) is 14.2. The van der Waals surface area contributed by atoms with Crippen LogP contribution in [0.3, 0.4) is 0 Å². The fraction of sp³-hybridized carbons (Fsp3) is 0.647. The van der Waals surface area contributed by atoms with Crippen LogP contribution in [0.4, 0.5) is 0 Å². The van der Waals surface area contributed by atoms with Crippen LogP contribution >= 0.6 is 0 Å². The molecule has 0 radical (unpaired) electrons. The second-order valence-electron chi connectivity index (χ2n) is 6.83. The Labute approximate surface area is 121 Å². The van der Waals surface area contributed by atoms with E-state index in [4.69, 9.17) is 5.73 Å². The van der Waals surface area contributed by atoms with Gasteiger partial charge in [0.05, 0.1) is 5.60 Å². The monoisotopic (exact) mass is 274 g/mol. The highest BCUT2D eigenvalue weighted by Gasteiger charge is 2.35. The van der Waals surface area contributed by atoms with Gasteiger partial charge >= 0.3 is 0 Å². The lowest BCUT2D eigenvalue weighted by molar-refractivity contribution is -0.0138. The van der Waals surface area contributed by atoms with Crippen LogP contribution in [0.5, 0.6) is 0 Å². The van der Waals surface area contributed by atoms with Gasteiger partial charge in [0.15, 0.2) is 0 Å². The van der Waals surface area contributed by atoms with Crippen molar-refractivity contribution in [1.29, 1.82) is 0 Å². The van der Waals surface area contributed by atoms with Crippen molar-refractivity contribution in [1.82, 2.24) is 5.32 Å². The molecule has 4 N–H and O–H groups in total. The third kappa shape index (κ3) is 2.76. The summed E-state index contributed by atoms with van der Waals surface area (Å²) >= 11 is 0. The number of aliphatic hydroxyl groups is 1. The summed E-state index contributed by atoms with van der Waals surface area (Å²) in [4.78, 5) is 0. The SMILES string of the molecule is CC1CCCC(O)(CNC2CC(N)c3ccccc32)C1. The molecule has 0 heterocycles. The van der Waals surface area contributed by atoms with E-state index in [-0.39, 0.29) is 6.04 Å². The quantitative estimate of drug-likeness (QED) is 0.794. The molecule has 0 aromatic heterocycles. The Morgan fingerprint density at radius 3 is 2.85 bits per heavy atom. The van der Waals surface area contributed by atoms with Crippen molar-refractivity contribution < 1.29 is 5.11 Å². The van der Waals surface area contributed by atoms with Crippen LogP contribution in [0, 0.1) is 5.92 Å². The van der Waals surface area contributed by atoms with E-state index in [0.717, 1.165) is 25.7 Å². The fourth-order valence-electron chi connectivity index (χ4n) is 3.97. The van der Waals surface area contributed by atoms with Gasteiger partial charge in [-0.1, -0.05) is 44.0 Å². The second-order valence-corrected chi connectivity index (χ2v) is 6.83. The highest BCUT2D eigenvalue weighted by Crippen LogP contribution is 2.38. The number of hydrogen-bond donors (Lipinski definition) is 3. The molecule has 1 aromatic rings. The summed E-state index contributed by atoms with van der Waals surface area (Å²) in [5, 5.41) is 14.3. The number of nitrogens with one attached hydrogen (secondary N) is 1. The Kier molecular flexibility index (Phi) is 3.85. The largest absolute Gasteiger partial charge is 0.389 e. The van der Waals surface area contributed by atoms with E-state index in [0.29, 0.717) is 18.5 Å². The summed E-state index contributed by atoms with van der Waals surface area (Å²) in [6, 6.07) is 8.83. The lowest BCUT2D eigenvalue weighted by Gasteiger charge is -2.36. The standard InChI is InChI=1S/C17H26N2O/c1-12-5-4-8-17(20,10-12)11-19-16-9-15(18)13-6-2-3-7-14(13)16/h2-3,6-7,12,15-16,19-20H,4-5,8-11,18H2,1H3. The van der Waals surface area contributed by atoms with Crippen LogP contribution in [-0.4, -0.2) is 17.3 Å². The van der Waals surface area contributed by atoms with Gasteiger partial charge in [0.2, 0.25) is 0 Å². The summed E-state index contributed by atoms with van der Waals surface area (Å²) in [6.07, 6.45) is 5.16. The molecule has 1 saturated carbocycles. The van der Waals surface area contributed by atoms with Crippen LogP contribution in [0.15, 0.2) is 24.3 Å². The molecule has 0 spiro atoms. The van der Waals surface area contributed by atoms with Gasteiger partial charge in [-0.2, -0.15) is 0 Å². The number of benzene rings is 1. The molecule has 0 bridgehead atoms. The fourth-order valence-corrected chi connectivity index (χ4v) is 3.97. The van der Waals surface area contributed by atoms with Crippen LogP contribution < -0.4 is 11.1 Å². The molecule has 0 saturated heterocycles. The van der Waals surface area contributed by atoms with Gasteiger partial charge < -0.3 is 16.2 Å². The Bertz CT molecular complexity index is 476. The maximum atomic E-state index is 10.7. The van der Waals surface area contributed by atoms with Crippen LogP contribution in [0.25, 0.3) is 0 Å². The molecule has 110 valence electrons. The minimum atomic E-state index is -0.528. The highest BCUT2D eigenvalue weighted by atomic mass is 16.3. The number of nitrogens with two attached hydrogens (primary N) is 1. The molecule has 4 unspecified atom stereocenters. The molecule has 0 aliphatic heterocycles. The lowest BCUT2D eigenvalue weighted by atomic mass is 9.79. The smallest absolute Gasteiger partial charge is 0.0774 e. The molecule has 2 aliphatic rings. The van der Waals surface area contributed by atoms with Gasteiger partial charge in [-0.25, -0.2) is 0 Å². The Hall–Kier alpha value is -0.900. The third-order valence-electron chi connectivity index (χ3n) is 5.01. The highest BCUT2D eigenvalue weighted by molar-refractivity contribution is 5.37. The van der Waals surface area contributed by atoms with E-state index < -0.39 is 5.60 Å². The van der Waals surface area contributed by atoms with Crippen molar-refractivity contribution in [3.05, 3.63) is 35.4 Å². The molecule has 20 heavy (non-hydrogen) atoms. The van der Waals surface area contributed by atoms with E-state index in [1.54, 1.807) is 0 Å². The first kappa shape index (κ1) is 14.1. The van der Waals surface area contributed by atoms with Crippen molar-refractivity contribution in [2.45, 2.75) is 56.7 Å². The van der Waals surface area contributed by atoms with Crippen molar-refractivity contribution in [2.24, 2.45) is 11.7 Å². The zero-order valence-corrected chi connectivity index (χ0v) is 12.3. The predicted octanol–water partition coefficient (Wildman–Crippen LogP) is 2.66. The Morgan fingerprint density at radius 2 is 2.10 bits per heavy atom. The van der Waals surface area contributed by atoms with Crippen molar-refractivity contribution in [3.63, 3.8) is 0 Å². The van der Waals surface area contributed by atoms with Gasteiger partial charge in [-0.15, -0.1) is 0 Å². The van der Waals surface area contributed by atoms with Crippen LogP contribution in [0.2, 0.25) is 0 Å². The number of fused-ring (bicyclic) bond motifs is 1. The maximum absolute atomic E-state index is 10.7. The lowest BCUT2D eigenvalue weighted by Crippen LogP contribution is -2.44. The normalized spacial score (nSPS) is 36.9. The van der Waals surface area contributed by atoms with Crippen molar-refractivity contribution in [2.75, 3.05) is 6.54 Å². The first-order valence-corrected chi connectivity index (χ1v) is 7.87. The number of rotatable bonds is 3. The molecular formula is C17H26N2O. The minimum Gasteiger partial charge on any atom is -0.389 e. The minimum absolute atomic E-state index is 0.128. The molecule has 3 rings (SSSR count). The van der Waals surface area contributed by atoms with Gasteiger partial charge in [0, 0.05) is 18.6 Å². The molecule has 3 nitrogen and oxygen atoms in total. The van der Waals surface area contributed by atoms with E-state index in [2.05, 4.69) is 36.5 Å². The third-order valence-corrected chi connectivity index (χ3v) is 5.01. The van der Waals surface area contributed by atoms with E-state index in [1.165, 1.54) is 17.5 Å². The molecule has 3 heteroatoms. The average Bonchev–Trinajstić information content (AvgIpc) is 2.74. The maximum Gasteiger partial charge on any atom is 0.0774 e. The van der Waals surface area contributed by atoms with E-state index >= 15 is 0 Å². The predicted molar refractivity (Wildman–Crippen MR) is 81.3 cm³/mol. The first-order valence-electron chi connectivity index (χ1n) is 7.87.